The Kier molecular flexibility index (Phi) is 4.60. The monoisotopic (exact) mass is 401 g/mol. The number of aliphatic hydroxyl groups is 2. The van der Waals surface area contributed by atoms with Gasteiger partial charge < -0.3 is 10.2 Å². The van der Waals surface area contributed by atoms with Crippen molar-refractivity contribution in [3.63, 3.8) is 0 Å². The van der Waals surface area contributed by atoms with Crippen molar-refractivity contribution in [1.29, 1.82) is 0 Å². The number of nitrogens with zero attached hydrogens (tertiary/aromatic N) is 3. The number of fused-ring (bicyclic) bond motifs is 2. The molecule has 3 unspecified atom stereocenters. The first-order chi connectivity index (χ1) is 14.6. The Bertz CT molecular complexity index is 1080. The third-order valence-corrected chi connectivity index (χ3v) is 7.41. The molecule has 2 aliphatic rings. The van der Waals surface area contributed by atoms with Gasteiger partial charge in [-0.15, -0.1) is 0 Å². The van der Waals surface area contributed by atoms with E-state index in [4.69, 9.17) is 0 Å². The zero-order valence-corrected chi connectivity index (χ0v) is 17.2. The molecule has 0 spiro atoms. The van der Waals surface area contributed by atoms with E-state index >= 15 is 0 Å². The molecule has 1 saturated carbocycles. The van der Waals surface area contributed by atoms with Crippen LogP contribution in [-0.2, 0) is 6.42 Å². The van der Waals surface area contributed by atoms with Crippen LogP contribution in [0.5, 0.6) is 0 Å². The highest BCUT2D eigenvalue weighted by atomic mass is 16.3. The lowest BCUT2D eigenvalue weighted by Gasteiger charge is -2.46. The fraction of sp³-hybridized carbons (Fsp3) is 0.360. The molecule has 0 radical (unpaired) electrons. The van der Waals surface area contributed by atoms with Crippen molar-refractivity contribution in [2.75, 3.05) is 6.61 Å². The molecule has 1 aromatic carbocycles. The van der Waals surface area contributed by atoms with E-state index in [0.717, 1.165) is 30.6 Å². The van der Waals surface area contributed by atoms with Gasteiger partial charge in [-0.05, 0) is 61.6 Å². The van der Waals surface area contributed by atoms with Gasteiger partial charge in [0.05, 0.1) is 29.4 Å². The van der Waals surface area contributed by atoms with Gasteiger partial charge >= 0.3 is 0 Å². The van der Waals surface area contributed by atoms with Gasteiger partial charge in [0, 0.05) is 23.6 Å². The van der Waals surface area contributed by atoms with Crippen molar-refractivity contribution in [1.82, 2.24) is 14.8 Å². The molecule has 2 heterocycles. The van der Waals surface area contributed by atoms with E-state index in [9.17, 15) is 10.2 Å². The molecule has 0 aliphatic heterocycles. The number of hydrogen-bond acceptors (Lipinski definition) is 4. The average molecular weight is 402 g/mol. The zero-order chi connectivity index (χ0) is 20.8. The first-order valence-electron chi connectivity index (χ1n) is 10.6. The summed E-state index contributed by atoms with van der Waals surface area (Å²) in [5, 5.41) is 26.1. The van der Waals surface area contributed by atoms with Crippen molar-refractivity contribution >= 4 is 6.08 Å². The molecular formula is C25H27N3O2. The fourth-order valence-electron chi connectivity index (χ4n) is 5.49. The highest BCUT2D eigenvalue weighted by molar-refractivity contribution is 5.62. The molecule has 30 heavy (non-hydrogen) atoms. The van der Waals surface area contributed by atoms with Gasteiger partial charge in [-0.1, -0.05) is 36.8 Å². The number of allylic oxidation sites excluding steroid dienone is 1. The molecule has 5 rings (SSSR count). The number of rotatable bonds is 5. The summed E-state index contributed by atoms with van der Waals surface area (Å²) in [7, 11) is 0. The molecule has 2 N–H and O–H groups in total. The summed E-state index contributed by atoms with van der Waals surface area (Å²) in [6.07, 6.45) is 8.33. The fourth-order valence-corrected chi connectivity index (χ4v) is 5.49. The van der Waals surface area contributed by atoms with Crippen LogP contribution in [0, 0.1) is 10.8 Å². The maximum atomic E-state index is 10.9. The maximum Gasteiger partial charge on any atom is 0.0966 e. The van der Waals surface area contributed by atoms with E-state index in [-0.39, 0.29) is 17.4 Å². The van der Waals surface area contributed by atoms with Gasteiger partial charge in [0.2, 0.25) is 0 Å². The number of para-hydroxylation sites is 1. The van der Waals surface area contributed by atoms with Gasteiger partial charge in [-0.3, -0.25) is 4.98 Å². The van der Waals surface area contributed by atoms with Gasteiger partial charge in [0.1, 0.15) is 0 Å². The Morgan fingerprint density at radius 1 is 1.13 bits per heavy atom. The predicted molar refractivity (Wildman–Crippen MR) is 116 cm³/mol. The number of hydrogen-bond donors (Lipinski definition) is 2. The standard InChI is InChI=1S/C25H27N3O2/c1-24-14-18-16-27-28(20-7-3-2-4-8-20)22(18)13-19(24)10-11-25(24,17-29)15-23(30)21-9-5-6-12-26-21/h2-9,12-13,16,23,29-30H,10-11,14-15,17H2,1H3. The van der Waals surface area contributed by atoms with Crippen LogP contribution in [0.25, 0.3) is 11.8 Å². The molecule has 0 amide bonds. The summed E-state index contributed by atoms with van der Waals surface area (Å²) in [5.41, 5.74) is 4.79. The Hall–Kier alpha value is -2.76. The lowest BCUT2D eigenvalue weighted by Crippen LogP contribution is -2.43. The van der Waals surface area contributed by atoms with Gasteiger partial charge in [-0.2, -0.15) is 5.10 Å². The van der Waals surface area contributed by atoms with E-state index in [1.807, 2.05) is 47.3 Å². The number of aliphatic hydroxyl groups excluding tert-OH is 2. The van der Waals surface area contributed by atoms with Crippen LogP contribution in [0.15, 0.2) is 66.5 Å². The number of pyridine rings is 1. The Morgan fingerprint density at radius 2 is 1.93 bits per heavy atom. The second kappa shape index (κ2) is 7.18. The lowest BCUT2D eigenvalue weighted by atomic mass is 9.59. The van der Waals surface area contributed by atoms with Crippen LogP contribution in [0.4, 0.5) is 0 Å². The summed E-state index contributed by atoms with van der Waals surface area (Å²) in [5.74, 6) is 0. The van der Waals surface area contributed by atoms with E-state index < -0.39 is 6.10 Å². The average Bonchev–Trinajstić information content (AvgIpc) is 3.31. The molecule has 1 fully saturated rings. The van der Waals surface area contributed by atoms with Crippen molar-refractivity contribution in [3.8, 4) is 5.69 Å². The molecule has 5 heteroatoms. The Balaban J connectivity index is 1.50. The van der Waals surface area contributed by atoms with Crippen LogP contribution < -0.4 is 0 Å². The predicted octanol–water partition coefficient (Wildman–Crippen LogP) is 4.11. The molecule has 3 atom stereocenters. The minimum atomic E-state index is -0.692. The van der Waals surface area contributed by atoms with E-state index in [1.54, 1.807) is 6.20 Å². The van der Waals surface area contributed by atoms with Crippen molar-refractivity contribution in [2.45, 2.75) is 38.7 Å². The van der Waals surface area contributed by atoms with Gasteiger partial charge in [0.15, 0.2) is 0 Å². The van der Waals surface area contributed by atoms with Gasteiger partial charge in [0.25, 0.3) is 0 Å². The van der Waals surface area contributed by atoms with Crippen molar-refractivity contribution in [3.05, 3.63) is 83.4 Å². The molecule has 0 saturated heterocycles. The number of benzene rings is 1. The highest BCUT2D eigenvalue weighted by Crippen LogP contribution is 2.62. The smallest absolute Gasteiger partial charge is 0.0966 e. The minimum Gasteiger partial charge on any atom is -0.396 e. The first kappa shape index (κ1) is 19.2. The highest BCUT2D eigenvalue weighted by Gasteiger charge is 2.56. The van der Waals surface area contributed by atoms with Crippen LogP contribution >= 0.6 is 0 Å². The molecule has 2 aliphatic carbocycles. The summed E-state index contributed by atoms with van der Waals surface area (Å²) in [4.78, 5) is 4.33. The van der Waals surface area contributed by atoms with Crippen LogP contribution in [0.1, 0.15) is 49.2 Å². The summed E-state index contributed by atoms with van der Waals surface area (Å²) >= 11 is 0. The normalized spacial score (nSPS) is 26.0. The van der Waals surface area contributed by atoms with Crippen LogP contribution in [0.2, 0.25) is 0 Å². The van der Waals surface area contributed by atoms with Crippen molar-refractivity contribution in [2.24, 2.45) is 10.8 Å². The van der Waals surface area contributed by atoms with E-state index in [1.165, 1.54) is 11.1 Å². The second-order valence-corrected chi connectivity index (χ2v) is 8.89. The zero-order valence-electron chi connectivity index (χ0n) is 17.2. The second-order valence-electron chi connectivity index (χ2n) is 8.89. The lowest BCUT2D eigenvalue weighted by molar-refractivity contribution is -0.0149. The van der Waals surface area contributed by atoms with Crippen LogP contribution in [-0.4, -0.2) is 31.6 Å². The third-order valence-electron chi connectivity index (χ3n) is 7.41. The molecule has 2 aromatic heterocycles. The van der Waals surface area contributed by atoms with E-state index in [2.05, 4.69) is 35.2 Å². The first-order valence-corrected chi connectivity index (χ1v) is 10.6. The number of aromatic nitrogens is 3. The Labute approximate surface area is 176 Å². The van der Waals surface area contributed by atoms with Crippen LogP contribution in [0.3, 0.4) is 0 Å². The molecule has 3 aromatic rings. The van der Waals surface area contributed by atoms with E-state index in [0.29, 0.717) is 12.1 Å². The molecule has 5 nitrogen and oxygen atoms in total. The summed E-state index contributed by atoms with van der Waals surface area (Å²) < 4.78 is 2.00. The molecule has 0 bridgehead atoms. The topological polar surface area (TPSA) is 71.2 Å². The SMILES string of the molecule is CC12Cc3cnn(-c4ccccc4)c3C=C1CCC2(CO)CC(O)c1ccccn1. The summed E-state index contributed by atoms with van der Waals surface area (Å²) in [6.45, 7) is 2.29. The maximum absolute atomic E-state index is 10.9. The molecule has 154 valence electrons. The largest absolute Gasteiger partial charge is 0.396 e. The third kappa shape index (κ3) is 2.84. The minimum absolute atomic E-state index is 0.0485. The Morgan fingerprint density at radius 3 is 2.67 bits per heavy atom. The van der Waals surface area contributed by atoms with Crippen molar-refractivity contribution < 1.29 is 10.2 Å². The summed E-state index contributed by atoms with van der Waals surface area (Å²) in [6, 6.07) is 15.8. The molecular weight excluding hydrogens is 374 g/mol. The van der Waals surface area contributed by atoms with Gasteiger partial charge in [-0.25, -0.2) is 4.68 Å². The quantitative estimate of drug-likeness (QED) is 0.675.